The third kappa shape index (κ3) is 4.36. The summed E-state index contributed by atoms with van der Waals surface area (Å²) in [5.74, 6) is 4.97. The van der Waals surface area contributed by atoms with Gasteiger partial charge in [0.1, 0.15) is 24.4 Å². The van der Waals surface area contributed by atoms with Crippen molar-refractivity contribution in [1.82, 2.24) is 0 Å². The average Bonchev–Trinajstić information content (AvgIpc) is 3.40. The van der Waals surface area contributed by atoms with Crippen LogP contribution in [0.4, 0.5) is 0 Å². The van der Waals surface area contributed by atoms with Crippen LogP contribution in [0.3, 0.4) is 0 Å². The molecule has 7 aliphatic rings. The third-order valence-corrected chi connectivity index (χ3v) is 14.5. The van der Waals surface area contributed by atoms with Gasteiger partial charge in [-0.2, -0.15) is 0 Å². The molecule has 17 atom stereocenters. The topological polar surface area (TPSA) is 125 Å². The van der Waals surface area contributed by atoms with Gasteiger partial charge >= 0.3 is 0 Å². The molecule has 4 aliphatic carbocycles. The minimum atomic E-state index is -1.39. The first kappa shape index (κ1) is 29.4. The molecule has 0 aromatic heterocycles. The second kappa shape index (κ2) is 10.4. The van der Waals surface area contributed by atoms with Crippen molar-refractivity contribution < 1.29 is 40.0 Å². The van der Waals surface area contributed by atoms with Crippen molar-refractivity contribution >= 4 is 0 Å². The Morgan fingerprint density at radius 1 is 0.854 bits per heavy atom. The maximum atomic E-state index is 10.5. The molecule has 3 heterocycles. The van der Waals surface area contributed by atoms with Crippen LogP contribution in [0.25, 0.3) is 0 Å². The number of hydrogen-bond donors (Lipinski definition) is 5. The summed E-state index contributed by atoms with van der Waals surface area (Å²) in [5.41, 5.74) is 0.714. The zero-order chi connectivity index (χ0) is 28.9. The number of piperidine rings is 1. The molecule has 7 rings (SSSR count). The summed E-state index contributed by atoms with van der Waals surface area (Å²) in [5, 5.41) is 43.0. The monoisotopic (exact) mass is 578 g/mol. The maximum absolute atomic E-state index is 10.5. The molecule has 8 nitrogen and oxygen atoms in total. The van der Waals surface area contributed by atoms with E-state index in [2.05, 4.69) is 33.0 Å². The van der Waals surface area contributed by atoms with Crippen LogP contribution in [0.1, 0.15) is 91.9 Å². The number of nitrogens with two attached hydrogens (primary N) is 1. The van der Waals surface area contributed by atoms with Crippen LogP contribution in [0, 0.1) is 52.3 Å². The Kier molecular flexibility index (Phi) is 7.43. The van der Waals surface area contributed by atoms with Gasteiger partial charge in [0.2, 0.25) is 5.72 Å². The Morgan fingerprint density at radius 3 is 2.37 bits per heavy atom. The van der Waals surface area contributed by atoms with E-state index >= 15 is 0 Å². The van der Waals surface area contributed by atoms with Crippen molar-refractivity contribution in [2.24, 2.45) is 52.3 Å². The zero-order valence-electron chi connectivity index (χ0n) is 25.7. The van der Waals surface area contributed by atoms with Crippen LogP contribution < -0.4 is 5.32 Å². The van der Waals surface area contributed by atoms with Gasteiger partial charge in [-0.1, -0.05) is 27.7 Å². The quantitative estimate of drug-likeness (QED) is 0.325. The highest BCUT2D eigenvalue weighted by atomic mass is 16.7. The van der Waals surface area contributed by atoms with Crippen LogP contribution in [-0.2, 0) is 14.2 Å². The number of rotatable bonds is 3. The molecular formula is C33H56NO7+. The number of fused-ring (bicyclic) bond motifs is 7. The molecule has 6 N–H and O–H groups in total. The first-order valence-corrected chi connectivity index (χ1v) is 17.0. The van der Waals surface area contributed by atoms with Gasteiger partial charge in [0.05, 0.1) is 25.4 Å². The van der Waals surface area contributed by atoms with E-state index < -0.39 is 37.3 Å². The fourth-order valence-corrected chi connectivity index (χ4v) is 12.1. The third-order valence-electron chi connectivity index (χ3n) is 14.5. The van der Waals surface area contributed by atoms with Gasteiger partial charge in [0.25, 0.3) is 0 Å². The minimum Gasteiger partial charge on any atom is -0.394 e. The van der Waals surface area contributed by atoms with E-state index in [1.807, 2.05) is 0 Å². The average molecular weight is 579 g/mol. The molecule has 8 heteroatoms. The Labute approximate surface area is 245 Å². The summed E-state index contributed by atoms with van der Waals surface area (Å²) in [6.07, 6.45) is 6.25. The van der Waals surface area contributed by atoms with Crippen LogP contribution >= 0.6 is 0 Å². The molecule has 234 valence electrons. The Morgan fingerprint density at radius 2 is 1.63 bits per heavy atom. The van der Waals surface area contributed by atoms with E-state index in [1.165, 1.54) is 51.5 Å². The Balaban J connectivity index is 1.03. The molecule has 1 unspecified atom stereocenters. The van der Waals surface area contributed by atoms with Gasteiger partial charge in [0, 0.05) is 24.2 Å². The van der Waals surface area contributed by atoms with E-state index in [0.717, 1.165) is 42.9 Å². The van der Waals surface area contributed by atoms with E-state index in [-0.39, 0.29) is 11.8 Å². The van der Waals surface area contributed by atoms with E-state index in [9.17, 15) is 20.4 Å². The number of hydrogen-bond acceptors (Lipinski definition) is 7. The molecule has 0 aromatic rings. The number of aliphatic hydroxyl groups is 4. The molecule has 0 radical (unpaired) electrons. The summed E-state index contributed by atoms with van der Waals surface area (Å²) in [4.78, 5) is 0. The van der Waals surface area contributed by atoms with Crippen molar-refractivity contribution in [3.63, 3.8) is 0 Å². The van der Waals surface area contributed by atoms with Crippen molar-refractivity contribution in [3.05, 3.63) is 0 Å². The predicted molar refractivity (Wildman–Crippen MR) is 151 cm³/mol. The molecule has 0 aromatic carbocycles. The highest BCUT2D eigenvalue weighted by Gasteiger charge is 2.70. The Bertz CT molecular complexity index is 971. The molecule has 7 fully saturated rings. The largest absolute Gasteiger partial charge is 0.394 e. The summed E-state index contributed by atoms with van der Waals surface area (Å²) in [6, 6.07) is 0. The minimum absolute atomic E-state index is 0.0235. The standard InChI is InChI=1S/C33H55NO7/c1-17-7-12-33(34-15-17)18(2)26-24(41-33)14-23-21-6-5-19-13-20(8-10-31(19,3)22(21)9-11-32(23,26)4)39-30-29(38)28(37)27(36)25(16-35)40-30/h17-30,34-38H,5-16H2,1-4H3/p+1/t17-,18-,19-,20-,21+,22-,23-,24-,25+,26-,27+,28-,29+,30?,31-,32-,33-/m0/s1. The summed E-state index contributed by atoms with van der Waals surface area (Å²) >= 11 is 0. The van der Waals surface area contributed by atoms with Crippen LogP contribution in [0.2, 0.25) is 0 Å². The van der Waals surface area contributed by atoms with Gasteiger partial charge in [-0.15, -0.1) is 0 Å². The van der Waals surface area contributed by atoms with Crippen molar-refractivity contribution in [2.45, 2.75) is 141 Å². The number of ether oxygens (including phenoxy) is 3. The van der Waals surface area contributed by atoms with Crippen molar-refractivity contribution in [1.29, 1.82) is 0 Å². The first-order valence-electron chi connectivity index (χ1n) is 17.0. The molecule has 3 saturated heterocycles. The van der Waals surface area contributed by atoms with Gasteiger partial charge in [-0.05, 0) is 92.3 Å². The van der Waals surface area contributed by atoms with E-state index in [4.69, 9.17) is 14.2 Å². The fourth-order valence-electron chi connectivity index (χ4n) is 12.1. The second-order valence-corrected chi connectivity index (χ2v) is 16.2. The molecule has 0 amide bonds. The lowest BCUT2D eigenvalue weighted by Crippen LogP contribution is -3.00. The van der Waals surface area contributed by atoms with Crippen LogP contribution in [0.5, 0.6) is 0 Å². The highest BCUT2D eigenvalue weighted by molar-refractivity contribution is 5.15. The molecule has 1 spiro atoms. The molecular weight excluding hydrogens is 522 g/mol. The number of aliphatic hydroxyl groups excluding tert-OH is 4. The van der Waals surface area contributed by atoms with Gasteiger partial charge in [-0.25, -0.2) is 0 Å². The normalized spacial score (nSPS) is 60.3. The lowest BCUT2D eigenvalue weighted by Gasteiger charge is -2.61. The highest BCUT2D eigenvalue weighted by Crippen LogP contribution is 2.70. The maximum Gasteiger partial charge on any atom is 0.203 e. The fraction of sp³-hybridized carbons (Fsp3) is 1.00. The SMILES string of the molecule is C[C@H]1CC[C@]2([NH2+]C1)O[C@H]1C[C@H]3[C@@H]4CC[C@H]5C[C@@H](OC6O[C@H](CO)[C@@H](O)[C@H](O)[C@H]6O)CC[C@]5(C)[C@H]4CC[C@]3(C)[C@H]1[C@@H]2C. The van der Waals surface area contributed by atoms with Gasteiger partial charge in [-0.3, -0.25) is 0 Å². The zero-order valence-corrected chi connectivity index (χ0v) is 25.7. The molecule has 0 bridgehead atoms. The summed E-state index contributed by atoms with van der Waals surface area (Å²) in [6.45, 7) is 10.9. The van der Waals surface area contributed by atoms with E-state index in [1.54, 1.807) is 0 Å². The summed E-state index contributed by atoms with van der Waals surface area (Å²) < 4.78 is 19.1. The molecule has 4 saturated carbocycles. The lowest BCUT2D eigenvalue weighted by molar-refractivity contribution is -0.786. The van der Waals surface area contributed by atoms with E-state index in [0.29, 0.717) is 34.7 Å². The molecule has 3 aliphatic heterocycles. The lowest BCUT2D eigenvalue weighted by atomic mass is 9.44. The van der Waals surface area contributed by atoms with Crippen molar-refractivity contribution in [3.8, 4) is 0 Å². The van der Waals surface area contributed by atoms with Crippen molar-refractivity contribution in [2.75, 3.05) is 13.2 Å². The second-order valence-electron chi connectivity index (χ2n) is 16.2. The first-order chi connectivity index (χ1) is 19.5. The van der Waals surface area contributed by atoms with Gasteiger partial charge in [0.15, 0.2) is 6.29 Å². The van der Waals surface area contributed by atoms with Crippen LogP contribution in [-0.4, -0.2) is 82.2 Å². The number of quaternary nitrogens is 1. The molecule has 41 heavy (non-hydrogen) atoms. The van der Waals surface area contributed by atoms with Gasteiger partial charge < -0.3 is 40.0 Å². The van der Waals surface area contributed by atoms with Crippen LogP contribution in [0.15, 0.2) is 0 Å². The smallest absolute Gasteiger partial charge is 0.203 e. The Hall–Kier alpha value is -0.320. The summed E-state index contributed by atoms with van der Waals surface area (Å²) in [7, 11) is 0. The predicted octanol–water partition coefficient (Wildman–Crippen LogP) is 2.16.